The first kappa shape index (κ1) is 13.6. The molecule has 0 unspecified atom stereocenters. The van der Waals surface area contributed by atoms with Crippen molar-refractivity contribution in [3.63, 3.8) is 0 Å². The fraction of sp³-hybridized carbons (Fsp3) is 0.538. The molecule has 0 aliphatic carbocycles. The van der Waals surface area contributed by atoms with Crippen molar-refractivity contribution in [1.82, 2.24) is 10.3 Å². The summed E-state index contributed by atoms with van der Waals surface area (Å²) in [5.41, 5.74) is 1.49. The highest BCUT2D eigenvalue weighted by molar-refractivity contribution is 5.99. The highest BCUT2D eigenvalue weighted by Gasteiger charge is 2.24. The minimum Gasteiger partial charge on any atom is -0.479 e. The number of methoxy groups -OCH3 is 1. The van der Waals surface area contributed by atoms with Crippen molar-refractivity contribution in [2.45, 2.75) is 18.9 Å². The SMILES string of the molecule is COc1nccc(N(C)C)c1NC(=O)[C@H]1CCCN1. The Labute approximate surface area is 113 Å². The van der Waals surface area contributed by atoms with Crippen molar-refractivity contribution in [1.29, 1.82) is 0 Å². The van der Waals surface area contributed by atoms with Crippen molar-refractivity contribution in [2.24, 2.45) is 0 Å². The van der Waals surface area contributed by atoms with Gasteiger partial charge in [-0.15, -0.1) is 0 Å². The minimum absolute atomic E-state index is 0.0353. The standard InChI is InChI=1S/C13H20N4O2/c1-17(2)10-6-8-15-13(19-3)11(10)16-12(18)9-5-4-7-14-9/h6,8-9,14H,4-5,7H2,1-3H3,(H,16,18)/t9-/m1/s1. The highest BCUT2D eigenvalue weighted by Crippen LogP contribution is 2.32. The summed E-state index contributed by atoms with van der Waals surface area (Å²) in [4.78, 5) is 18.2. The number of nitrogens with one attached hydrogen (secondary N) is 2. The van der Waals surface area contributed by atoms with E-state index in [1.165, 1.54) is 0 Å². The number of ether oxygens (including phenoxy) is 1. The topological polar surface area (TPSA) is 66.5 Å². The molecular formula is C13H20N4O2. The third kappa shape index (κ3) is 2.96. The van der Waals surface area contributed by atoms with Crippen LogP contribution in [0.5, 0.6) is 5.88 Å². The van der Waals surface area contributed by atoms with Crippen molar-refractivity contribution < 1.29 is 9.53 Å². The fourth-order valence-corrected chi connectivity index (χ4v) is 2.20. The van der Waals surface area contributed by atoms with Gasteiger partial charge in [-0.2, -0.15) is 0 Å². The lowest BCUT2D eigenvalue weighted by molar-refractivity contribution is -0.117. The van der Waals surface area contributed by atoms with Crippen LogP contribution < -0.4 is 20.3 Å². The second-order valence-electron chi connectivity index (χ2n) is 4.75. The molecule has 1 atom stereocenters. The van der Waals surface area contributed by atoms with Crippen LogP contribution in [0.15, 0.2) is 12.3 Å². The van der Waals surface area contributed by atoms with Gasteiger partial charge in [0, 0.05) is 20.3 Å². The Bertz CT molecular complexity index is 456. The van der Waals surface area contributed by atoms with Gasteiger partial charge in [0.2, 0.25) is 11.8 Å². The highest BCUT2D eigenvalue weighted by atomic mass is 16.5. The number of aromatic nitrogens is 1. The Balaban J connectivity index is 2.24. The summed E-state index contributed by atoms with van der Waals surface area (Å²) in [7, 11) is 5.38. The van der Waals surface area contributed by atoms with Gasteiger partial charge in [-0.05, 0) is 25.5 Å². The predicted molar refractivity (Wildman–Crippen MR) is 74.8 cm³/mol. The lowest BCUT2D eigenvalue weighted by Crippen LogP contribution is -2.36. The van der Waals surface area contributed by atoms with Crippen LogP contribution in [0.3, 0.4) is 0 Å². The molecule has 1 amide bonds. The van der Waals surface area contributed by atoms with Crippen molar-refractivity contribution >= 4 is 17.3 Å². The van der Waals surface area contributed by atoms with Gasteiger partial charge in [-0.3, -0.25) is 4.79 Å². The van der Waals surface area contributed by atoms with Crippen LogP contribution in [0.25, 0.3) is 0 Å². The van der Waals surface area contributed by atoms with E-state index in [-0.39, 0.29) is 11.9 Å². The van der Waals surface area contributed by atoms with Crippen LogP contribution in [0.4, 0.5) is 11.4 Å². The maximum atomic E-state index is 12.2. The molecule has 2 N–H and O–H groups in total. The second kappa shape index (κ2) is 5.88. The van der Waals surface area contributed by atoms with E-state index in [4.69, 9.17) is 4.74 Å². The first-order valence-corrected chi connectivity index (χ1v) is 6.38. The van der Waals surface area contributed by atoms with Crippen molar-refractivity contribution in [3.05, 3.63) is 12.3 Å². The number of carbonyl (C=O) groups excluding carboxylic acids is 1. The van der Waals surface area contributed by atoms with E-state index < -0.39 is 0 Å². The number of hydrogen-bond donors (Lipinski definition) is 2. The summed E-state index contributed by atoms with van der Waals surface area (Å²) in [6.07, 6.45) is 3.56. The zero-order valence-electron chi connectivity index (χ0n) is 11.6. The molecule has 0 bridgehead atoms. The first-order chi connectivity index (χ1) is 9.13. The van der Waals surface area contributed by atoms with Gasteiger partial charge < -0.3 is 20.3 Å². The van der Waals surface area contributed by atoms with Gasteiger partial charge in [-0.1, -0.05) is 0 Å². The number of carbonyl (C=O) groups is 1. The Hall–Kier alpha value is -1.82. The van der Waals surface area contributed by atoms with Crippen LogP contribution in [0.1, 0.15) is 12.8 Å². The van der Waals surface area contributed by atoms with Crippen LogP contribution in [-0.4, -0.2) is 44.7 Å². The molecule has 1 aliphatic heterocycles. The normalized spacial score (nSPS) is 18.2. The van der Waals surface area contributed by atoms with E-state index in [1.807, 2.05) is 25.1 Å². The van der Waals surface area contributed by atoms with Crippen LogP contribution in [0, 0.1) is 0 Å². The van der Waals surface area contributed by atoms with Crippen LogP contribution in [0.2, 0.25) is 0 Å². The van der Waals surface area contributed by atoms with E-state index >= 15 is 0 Å². The summed E-state index contributed by atoms with van der Waals surface area (Å²) in [5.74, 6) is 0.393. The molecule has 0 radical (unpaired) electrons. The lowest BCUT2D eigenvalue weighted by atomic mass is 10.2. The summed E-state index contributed by atoms with van der Waals surface area (Å²) in [5, 5.41) is 6.10. The Kier molecular flexibility index (Phi) is 4.21. The number of hydrogen-bond acceptors (Lipinski definition) is 5. The van der Waals surface area contributed by atoms with Gasteiger partial charge in [-0.25, -0.2) is 4.98 Å². The van der Waals surface area contributed by atoms with E-state index in [2.05, 4.69) is 15.6 Å². The second-order valence-corrected chi connectivity index (χ2v) is 4.75. The van der Waals surface area contributed by atoms with Crippen LogP contribution >= 0.6 is 0 Å². The average molecular weight is 264 g/mol. The Morgan fingerprint density at radius 3 is 2.95 bits per heavy atom. The number of anilines is 2. The average Bonchev–Trinajstić information content (AvgIpc) is 2.92. The molecule has 2 heterocycles. The smallest absolute Gasteiger partial charge is 0.241 e. The van der Waals surface area contributed by atoms with Gasteiger partial charge in [0.15, 0.2) is 0 Å². The van der Waals surface area contributed by atoms with Crippen LogP contribution in [-0.2, 0) is 4.79 Å². The maximum absolute atomic E-state index is 12.2. The minimum atomic E-state index is -0.125. The molecule has 0 saturated carbocycles. The Morgan fingerprint density at radius 2 is 2.37 bits per heavy atom. The molecule has 2 rings (SSSR count). The third-order valence-electron chi connectivity index (χ3n) is 3.19. The molecule has 0 aromatic carbocycles. The quantitative estimate of drug-likeness (QED) is 0.844. The molecule has 6 nitrogen and oxygen atoms in total. The largest absolute Gasteiger partial charge is 0.479 e. The molecule has 1 aromatic rings. The van der Waals surface area contributed by atoms with E-state index in [9.17, 15) is 4.79 Å². The zero-order chi connectivity index (χ0) is 13.8. The van der Waals surface area contributed by atoms with Crippen molar-refractivity contribution in [3.8, 4) is 5.88 Å². The van der Waals surface area contributed by atoms with Gasteiger partial charge in [0.1, 0.15) is 5.69 Å². The molecule has 19 heavy (non-hydrogen) atoms. The number of nitrogens with zero attached hydrogens (tertiary/aromatic N) is 2. The number of amides is 1. The molecule has 0 spiro atoms. The third-order valence-corrected chi connectivity index (χ3v) is 3.19. The molecule has 1 saturated heterocycles. The predicted octanol–water partition coefficient (Wildman–Crippen LogP) is 0.847. The molecule has 6 heteroatoms. The lowest BCUT2D eigenvalue weighted by Gasteiger charge is -2.20. The molecule has 1 aliphatic rings. The molecule has 104 valence electrons. The van der Waals surface area contributed by atoms with E-state index in [0.717, 1.165) is 25.1 Å². The van der Waals surface area contributed by atoms with Gasteiger partial charge in [0.05, 0.1) is 18.8 Å². The monoisotopic (exact) mass is 264 g/mol. The van der Waals surface area contributed by atoms with Gasteiger partial charge in [0.25, 0.3) is 0 Å². The molecule has 1 aromatic heterocycles. The maximum Gasteiger partial charge on any atom is 0.241 e. The number of rotatable bonds is 4. The number of pyridine rings is 1. The summed E-state index contributed by atoms with van der Waals surface area (Å²) in [6.45, 7) is 0.892. The van der Waals surface area contributed by atoms with Crippen molar-refractivity contribution in [2.75, 3.05) is 38.0 Å². The zero-order valence-corrected chi connectivity index (χ0v) is 11.6. The first-order valence-electron chi connectivity index (χ1n) is 6.38. The Morgan fingerprint density at radius 1 is 1.58 bits per heavy atom. The molecule has 1 fully saturated rings. The van der Waals surface area contributed by atoms with E-state index in [0.29, 0.717) is 11.6 Å². The summed E-state index contributed by atoms with van der Waals surface area (Å²) >= 11 is 0. The summed E-state index contributed by atoms with van der Waals surface area (Å²) < 4.78 is 5.23. The van der Waals surface area contributed by atoms with E-state index in [1.54, 1.807) is 13.3 Å². The van der Waals surface area contributed by atoms with Gasteiger partial charge >= 0.3 is 0 Å². The molecular weight excluding hydrogens is 244 g/mol. The fourth-order valence-electron chi connectivity index (χ4n) is 2.20. The summed E-state index contributed by atoms with van der Waals surface area (Å²) in [6, 6.07) is 1.72.